The highest BCUT2D eigenvalue weighted by Gasteiger charge is 2.30. The maximum absolute atomic E-state index is 12.7. The second-order valence-electron chi connectivity index (χ2n) is 4.72. The molecule has 3 nitrogen and oxygen atoms in total. The van der Waals surface area contributed by atoms with Crippen molar-refractivity contribution in [3.8, 4) is 11.4 Å². The van der Waals surface area contributed by atoms with Crippen LogP contribution in [0.1, 0.15) is 11.1 Å². The van der Waals surface area contributed by atoms with Gasteiger partial charge in [-0.2, -0.15) is 13.2 Å². The molecule has 0 unspecified atom stereocenters. The average Bonchev–Trinajstić information content (AvgIpc) is 2.89. The molecule has 6 heteroatoms. The van der Waals surface area contributed by atoms with Gasteiger partial charge >= 0.3 is 6.18 Å². The van der Waals surface area contributed by atoms with Gasteiger partial charge in [-0.25, -0.2) is 4.98 Å². The van der Waals surface area contributed by atoms with E-state index in [-0.39, 0.29) is 0 Å². The number of aromatic nitrogens is 2. The number of aromatic amines is 1. The van der Waals surface area contributed by atoms with Gasteiger partial charge in [0.2, 0.25) is 0 Å². The van der Waals surface area contributed by atoms with E-state index >= 15 is 0 Å². The molecule has 0 aliphatic carbocycles. The molecule has 0 spiro atoms. The normalized spacial score (nSPS) is 12.0. The summed E-state index contributed by atoms with van der Waals surface area (Å²) in [6.07, 6.45) is -4.36. The third-order valence-corrected chi connectivity index (χ3v) is 3.27. The lowest BCUT2D eigenvalue weighted by molar-refractivity contribution is -0.137. The molecule has 3 rings (SSSR count). The first-order valence-corrected chi connectivity index (χ1v) is 6.34. The van der Waals surface area contributed by atoms with Crippen molar-refractivity contribution in [2.45, 2.75) is 12.7 Å². The van der Waals surface area contributed by atoms with Gasteiger partial charge in [0.25, 0.3) is 0 Å². The summed E-state index contributed by atoms with van der Waals surface area (Å²) in [5, 5.41) is 0. The monoisotopic (exact) mass is 291 g/mol. The highest BCUT2D eigenvalue weighted by atomic mass is 19.4. The van der Waals surface area contributed by atoms with Crippen LogP contribution in [0, 0.1) is 0 Å². The first-order valence-electron chi connectivity index (χ1n) is 6.34. The number of alkyl halides is 3. The minimum atomic E-state index is -4.36. The lowest BCUT2D eigenvalue weighted by atomic mass is 10.1. The number of nitrogens with two attached hydrogens (primary N) is 1. The molecule has 0 fully saturated rings. The zero-order valence-electron chi connectivity index (χ0n) is 10.9. The number of H-pyrrole nitrogens is 1. The summed E-state index contributed by atoms with van der Waals surface area (Å²) < 4.78 is 38.0. The van der Waals surface area contributed by atoms with Crippen molar-refractivity contribution in [3.63, 3.8) is 0 Å². The fourth-order valence-electron chi connectivity index (χ4n) is 2.12. The van der Waals surface area contributed by atoms with Gasteiger partial charge in [0.15, 0.2) is 0 Å². The summed E-state index contributed by atoms with van der Waals surface area (Å²) in [6.45, 7) is 0.440. The Morgan fingerprint density at radius 3 is 2.38 bits per heavy atom. The van der Waals surface area contributed by atoms with E-state index in [0.29, 0.717) is 23.4 Å². The standard InChI is InChI=1S/C15H12F3N3/c16-15(17,18)11-5-6-12-13(7-11)21-14(20-12)10-3-1-9(8-19)2-4-10/h1-7H,8,19H2,(H,20,21). The van der Waals surface area contributed by atoms with Crippen molar-refractivity contribution in [3.05, 3.63) is 53.6 Å². The molecule has 0 bridgehead atoms. The summed E-state index contributed by atoms with van der Waals surface area (Å²) in [5.74, 6) is 0.535. The van der Waals surface area contributed by atoms with Crippen molar-refractivity contribution in [1.29, 1.82) is 0 Å². The van der Waals surface area contributed by atoms with Gasteiger partial charge < -0.3 is 10.7 Å². The second kappa shape index (κ2) is 4.89. The van der Waals surface area contributed by atoms with E-state index in [1.165, 1.54) is 6.07 Å². The minimum Gasteiger partial charge on any atom is -0.338 e. The molecule has 0 amide bonds. The maximum atomic E-state index is 12.7. The third kappa shape index (κ3) is 2.62. The van der Waals surface area contributed by atoms with Crippen LogP contribution < -0.4 is 5.73 Å². The smallest absolute Gasteiger partial charge is 0.338 e. The van der Waals surface area contributed by atoms with Crippen LogP contribution in [0.3, 0.4) is 0 Å². The van der Waals surface area contributed by atoms with Crippen molar-refractivity contribution < 1.29 is 13.2 Å². The molecule has 3 aromatic rings. The third-order valence-electron chi connectivity index (χ3n) is 3.27. The van der Waals surface area contributed by atoms with Crippen LogP contribution in [-0.4, -0.2) is 9.97 Å². The minimum absolute atomic E-state index is 0.364. The molecule has 108 valence electrons. The van der Waals surface area contributed by atoms with Gasteiger partial charge in [-0.3, -0.25) is 0 Å². The summed E-state index contributed by atoms with van der Waals surface area (Å²) in [6, 6.07) is 10.9. The average molecular weight is 291 g/mol. The summed E-state index contributed by atoms with van der Waals surface area (Å²) in [5.41, 5.74) is 7.48. The molecule has 0 saturated carbocycles. The Morgan fingerprint density at radius 2 is 1.76 bits per heavy atom. The van der Waals surface area contributed by atoms with Crippen LogP contribution in [0.2, 0.25) is 0 Å². The lowest BCUT2D eigenvalue weighted by Gasteiger charge is -2.05. The van der Waals surface area contributed by atoms with E-state index in [1.54, 1.807) is 0 Å². The molecular weight excluding hydrogens is 279 g/mol. The van der Waals surface area contributed by atoms with E-state index in [0.717, 1.165) is 23.3 Å². The molecule has 0 atom stereocenters. The molecular formula is C15H12F3N3. The fraction of sp³-hybridized carbons (Fsp3) is 0.133. The maximum Gasteiger partial charge on any atom is 0.416 e. The first kappa shape index (κ1) is 13.6. The molecule has 0 radical (unpaired) electrons. The largest absolute Gasteiger partial charge is 0.416 e. The molecule has 2 aromatic carbocycles. The SMILES string of the molecule is NCc1ccc(-c2nc3ccc(C(F)(F)F)cc3[nH]2)cc1. The molecule has 1 heterocycles. The highest BCUT2D eigenvalue weighted by Crippen LogP contribution is 2.31. The summed E-state index contributed by atoms with van der Waals surface area (Å²) in [7, 11) is 0. The number of nitrogens with zero attached hydrogens (tertiary/aromatic N) is 1. The first-order chi connectivity index (χ1) is 9.97. The molecule has 3 N–H and O–H groups in total. The Balaban J connectivity index is 2.04. The Kier molecular flexibility index (Phi) is 3.17. The summed E-state index contributed by atoms with van der Waals surface area (Å²) in [4.78, 5) is 7.23. The van der Waals surface area contributed by atoms with Crippen LogP contribution in [0.15, 0.2) is 42.5 Å². The lowest BCUT2D eigenvalue weighted by Crippen LogP contribution is -2.04. The molecule has 21 heavy (non-hydrogen) atoms. The molecule has 0 aliphatic rings. The molecule has 1 aromatic heterocycles. The van der Waals surface area contributed by atoms with Crippen LogP contribution in [0.5, 0.6) is 0 Å². The summed E-state index contributed by atoms with van der Waals surface area (Å²) >= 11 is 0. The number of fused-ring (bicyclic) bond motifs is 1. The van der Waals surface area contributed by atoms with Crippen LogP contribution in [-0.2, 0) is 12.7 Å². The number of hydrogen-bond acceptors (Lipinski definition) is 2. The number of benzene rings is 2. The zero-order valence-corrected chi connectivity index (χ0v) is 10.9. The highest BCUT2D eigenvalue weighted by molar-refractivity contribution is 5.80. The van der Waals surface area contributed by atoms with E-state index in [4.69, 9.17) is 5.73 Å². The number of nitrogens with one attached hydrogen (secondary N) is 1. The topological polar surface area (TPSA) is 54.7 Å². The van der Waals surface area contributed by atoms with Gasteiger partial charge in [-0.15, -0.1) is 0 Å². The Labute approximate surface area is 118 Å². The quantitative estimate of drug-likeness (QED) is 0.756. The van der Waals surface area contributed by atoms with E-state index in [2.05, 4.69) is 9.97 Å². The predicted molar refractivity (Wildman–Crippen MR) is 74.4 cm³/mol. The van der Waals surface area contributed by atoms with Crippen molar-refractivity contribution >= 4 is 11.0 Å². The number of hydrogen-bond donors (Lipinski definition) is 2. The number of rotatable bonds is 2. The van der Waals surface area contributed by atoms with E-state index in [9.17, 15) is 13.2 Å². The second-order valence-corrected chi connectivity index (χ2v) is 4.72. The fourth-order valence-corrected chi connectivity index (χ4v) is 2.12. The number of halogens is 3. The van der Waals surface area contributed by atoms with Crippen LogP contribution >= 0.6 is 0 Å². The van der Waals surface area contributed by atoms with Gasteiger partial charge in [0.1, 0.15) is 5.82 Å². The van der Waals surface area contributed by atoms with Crippen molar-refractivity contribution in [2.75, 3.05) is 0 Å². The van der Waals surface area contributed by atoms with Gasteiger partial charge in [0.05, 0.1) is 16.6 Å². The zero-order chi connectivity index (χ0) is 15.0. The Bertz CT molecular complexity index is 773. The Morgan fingerprint density at radius 1 is 1.05 bits per heavy atom. The van der Waals surface area contributed by atoms with E-state index < -0.39 is 11.7 Å². The van der Waals surface area contributed by atoms with Crippen molar-refractivity contribution in [2.24, 2.45) is 5.73 Å². The van der Waals surface area contributed by atoms with Gasteiger partial charge in [0, 0.05) is 12.1 Å². The van der Waals surface area contributed by atoms with Crippen LogP contribution in [0.4, 0.5) is 13.2 Å². The number of imidazole rings is 1. The van der Waals surface area contributed by atoms with Gasteiger partial charge in [-0.05, 0) is 23.8 Å². The van der Waals surface area contributed by atoms with Crippen LogP contribution in [0.25, 0.3) is 22.4 Å². The molecule has 0 aliphatic heterocycles. The Hall–Kier alpha value is -2.34. The van der Waals surface area contributed by atoms with E-state index in [1.807, 2.05) is 24.3 Å². The van der Waals surface area contributed by atoms with Gasteiger partial charge in [-0.1, -0.05) is 24.3 Å². The molecule has 0 saturated heterocycles. The predicted octanol–water partition coefficient (Wildman–Crippen LogP) is 3.71. The van der Waals surface area contributed by atoms with Crippen molar-refractivity contribution in [1.82, 2.24) is 9.97 Å².